The van der Waals surface area contributed by atoms with Crippen molar-refractivity contribution in [2.75, 3.05) is 19.6 Å². The third-order valence-electron chi connectivity index (χ3n) is 5.69. The van der Waals surface area contributed by atoms with Crippen molar-refractivity contribution in [3.63, 3.8) is 0 Å². The molecule has 1 fully saturated rings. The van der Waals surface area contributed by atoms with Crippen molar-refractivity contribution >= 4 is 39.8 Å². The zero-order valence-electron chi connectivity index (χ0n) is 16.6. The number of aromatic nitrogens is 1. The van der Waals surface area contributed by atoms with Crippen LogP contribution in [0.2, 0.25) is 5.02 Å². The normalized spacial score (nSPS) is 14.8. The molecule has 4 nitrogen and oxygen atoms in total. The van der Waals surface area contributed by atoms with Crippen molar-refractivity contribution in [1.82, 2.24) is 4.98 Å². The van der Waals surface area contributed by atoms with Gasteiger partial charge in [0.1, 0.15) is 0 Å². The first-order valence-electron chi connectivity index (χ1n) is 9.87. The smallest absolute Gasteiger partial charge is 0.0881 e. The van der Waals surface area contributed by atoms with Crippen molar-refractivity contribution < 1.29 is 14.8 Å². The molecule has 2 N–H and O–H groups in total. The highest BCUT2D eigenvalue weighted by Gasteiger charge is 2.49. The topological polar surface area (TPSA) is 60.4 Å². The van der Waals surface area contributed by atoms with Gasteiger partial charge in [0.05, 0.1) is 31.3 Å². The van der Waals surface area contributed by atoms with Crippen LogP contribution in [-0.2, 0) is 5.41 Å². The van der Waals surface area contributed by atoms with Crippen LogP contribution in [0.25, 0.3) is 10.9 Å². The molecule has 0 aliphatic heterocycles. The molecule has 3 aromatic rings. The standard InChI is InChI=1S/C16H12ClNO2S.C6H15N/c17-9-3-4-11-10(8-9)13(14(18-11)15(19)20)16(5-6-16)12-2-1-7-21-12;1-4-7(5-2)6-3/h1-4,7-8,18H,5-6H2,(H,19,20);4-6H2,1-3H3. The van der Waals surface area contributed by atoms with Crippen molar-refractivity contribution in [2.24, 2.45) is 0 Å². The first-order chi connectivity index (χ1) is 13.5. The number of thiophene rings is 1. The first kappa shape index (κ1) is 20.9. The average Bonchev–Trinajstić information content (AvgIpc) is 3.13. The molecule has 1 saturated carbocycles. The Hall–Kier alpha value is -1.82. The van der Waals surface area contributed by atoms with Crippen LogP contribution in [0.3, 0.4) is 0 Å². The maximum atomic E-state index is 11.5. The summed E-state index contributed by atoms with van der Waals surface area (Å²) in [5.41, 5.74) is 1.59. The van der Waals surface area contributed by atoms with Gasteiger partial charge in [-0.3, -0.25) is 0 Å². The minimum Gasteiger partial charge on any atom is -0.543 e. The van der Waals surface area contributed by atoms with Gasteiger partial charge in [-0.25, -0.2) is 0 Å². The van der Waals surface area contributed by atoms with Crippen LogP contribution in [-0.4, -0.2) is 30.6 Å². The predicted octanol–water partition coefficient (Wildman–Crippen LogP) is 3.26. The fraction of sp³-hybridized carbons (Fsp3) is 0.409. The third-order valence-corrected chi connectivity index (χ3v) is 7.00. The van der Waals surface area contributed by atoms with Gasteiger partial charge in [-0.2, -0.15) is 0 Å². The number of benzene rings is 1. The fourth-order valence-corrected chi connectivity index (χ4v) is 5.02. The molecule has 2 heterocycles. The van der Waals surface area contributed by atoms with Crippen molar-refractivity contribution in [2.45, 2.75) is 39.0 Å². The van der Waals surface area contributed by atoms with Gasteiger partial charge < -0.3 is 19.8 Å². The van der Waals surface area contributed by atoms with Crippen LogP contribution in [0.1, 0.15) is 54.5 Å². The molecule has 4 rings (SSSR count). The Morgan fingerprint density at radius 3 is 2.36 bits per heavy atom. The Bertz CT molecular complexity index is 936. The summed E-state index contributed by atoms with van der Waals surface area (Å²) in [6.07, 6.45) is 1.90. The van der Waals surface area contributed by atoms with E-state index in [0.717, 1.165) is 29.3 Å². The van der Waals surface area contributed by atoms with E-state index >= 15 is 0 Å². The Morgan fingerprint density at radius 2 is 1.89 bits per heavy atom. The highest BCUT2D eigenvalue weighted by atomic mass is 35.5. The SMILES string of the molecule is CC[NH+](CC)CC.O=C([O-])c1[nH]c2ccc(Cl)cc2c1C1(c2cccs2)CC1. The number of H-pyrrole nitrogens is 1. The monoisotopic (exact) mass is 418 g/mol. The summed E-state index contributed by atoms with van der Waals surface area (Å²) in [5, 5.41) is 15.1. The van der Waals surface area contributed by atoms with Crippen LogP contribution in [0, 0.1) is 0 Å². The summed E-state index contributed by atoms with van der Waals surface area (Å²) in [6, 6.07) is 9.48. The molecule has 1 aliphatic rings. The van der Waals surface area contributed by atoms with Crippen LogP contribution in [0.5, 0.6) is 0 Å². The zero-order chi connectivity index (χ0) is 20.3. The van der Waals surface area contributed by atoms with Gasteiger partial charge >= 0.3 is 0 Å². The molecule has 1 aliphatic carbocycles. The van der Waals surface area contributed by atoms with Crippen LogP contribution in [0.15, 0.2) is 35.7 Å². The lowest BCUT2D eigenvalue weighted by atomic mass is 9.91. The predicted molar refractivity (Wildman–Crippen MR) is 115 cm³/mol. The molecule has 2 aromatic heterocycles. The molecule has 0 saturated heterocycles. The second-order valence-corrected chi connectivity index (χ2v) is 8.61. The van der Waals surface area contributed by atoms with Gasteiger partial charge in [0.15, 0.2) is 0 Å². The maximum Gasteiger partial charge on any atom is 0.0881 e. The first-order valence-corrected chi connectivity index (χ1v) is 11.1. The van der Waals surface area contributed by atoms with Gasteiger partial charge in [-0.15, -0.1) is 11.3 Å². The number of rotatable bonds is 6. The van der Waals surface area contributed by atoms with E-state index in [1.165, 1.54) is 24.5 Å². The van der Waals surface area contributed by atoms with E-state index in [2.05, 4.69) is 31.8 Å². The number of fused-ring (bicyclic) bond motifs is 1. The van der Waals surface area contributed by atoms with E-state index in [0.29, 0.717) is 5.02 Å². The number of carboxylic acid groups (broad SMARTS) is 1. The average molecular weight is 419 g/mol. The number of carbonyl (C=O) groups excluding carboxylic acids is 1. The summed E-state index contributed by atoms with van der Waals surface area (Å²) in [4.78, 5) is 17.4. The number of hydrogen-bond donors (Lipinski definition) is 2. The molecular formula is C22H27ClN2O2S. The van der Waals surface area contributed by atoms with Crippen LogP contribution < -0.4 is 10.0 Å². The van der Waals surface area contributed by atoms with E-state index in [1.54, 1.807) is 22.3 Å². The van der Waals surface area contributed by atoms with Gasteiger partial charge in [0.25, 0.3) is 0 Å². The molecule has 150 valence electrons. The highest BCUT2D eigenvalue weighted by molar-refractivity contribution is 7.10. The number of hydrogen-bond acceptors (Lipinski definition) is 3. The minimum absolute atomic E-state index is 0.179. The quantitative estimate of drug-likeness (QED) is 0.645. The van der Waals surface area contributed by atoms with E-state index < -0.39 is 5.97 Å². The number of halogens is 1. The van der Waals surface area contributed by atoms with Gasteiger partial charge in [0, 0.05) is 26.2 Å². The largest absolute Gasteiger partial charge is 0.543 e. The summed E-state index contributed by atoms with van der Waals surface area (Å²) >= 11 is 7.76. The van der Waals surface area contributed by atoms with Gasteiger partial charge in [0.2, 0.25) is 0 Å². The molecule has 6 heteroatoms. The van der Waals surface area contributed by atoms with Crippen molar-refractivity contribution in [1.29, 1.82) is 0 Å². The maximum absolute atomic E-state index is 11.5. The fourth-order valence-electron chi connectivity index (χ4n) is 3.86. The summed E-state index contributed by atoms with van der Waals surface area (Å²) in [7, 11) is 0. The number of aromatic carboxylic acids is 1. The molecule has 1 aromatic carbocycles. The molecule has 0 radical (unpaired) electrons. The lowest BCUT2D eigenvalue weighted by molar-refractivity contribution is -0.894. The number of quaternary nitrogens is 1. The Morgan fingerprint density at radius 1 is 1.21 bits per heavy atom. The van der Waals surface area contributed by atoms with Crippen LogP contribution >= 0.6 is 22.9 Å². The minimum atomic E-state index is -1.17. The summed E-state index contributed by atoms with van der Waals surface area (Å²) < 4.78 is 0. The number of nitrogens with one attached hydrogen (secondary N) is 2. The second kappa shape index (κ2) is 8.68. The number of aromatic amines is 1. The lowest BCUT2D eigenvalue weighted by Crippen LogP contribution is -3.11. The lowest BCUT2D eigenvalue weighted by Gasteiger charge is -2.16. The Labute approximate surface area is 175 Å². The summed E-state index contributed by atoms with van der Waals surface area (Å²) in [5.74, 6) is -1.17. The molecule has 0 atom stereocenters. The highest BCUT2D eigenvalue weighted by Crippen LogP contribution is 2.57. The van der Waals surface area contributed by atoms with E-state index in [4.69, 9.17) is 11.6 Å². The molecule has 0 bridgehead atoms. The zero-order valence-corrected chi connectivity index (χ0v) is 18.2. The van der Waals surface area contributed by atoms with Gasteiger partial charge in [-0.05, 0) is 68.8 Å². The van der Waals surface area contributed by atoms with E-state index in [-0.39, 0.29) is 11.1 Å². The van der Waals surface area contributed by atoms with Crippen molar-refractivity contribution in [3.8, 4) is 0 Å². The summed E-state index contributed by atoms with van der Waals surface area (Å²) in [6.45, 7) is 10.5. The molecule has 28 heavy (non-hydrogen) atoms. The molecule has 0 spiro atoms. The van der Waals surface area contributed by atoms with E-state index in [9.17, 15) is 9.90 Å². The Balaban J connectivity index is 0.000000279. The molecule has 0 unspecified atom stereocenters. The molecule has 0 amide bonds. The van der Waals surface area contributed by atoms with E-state index in [1.807, 2.05) is 23.6 Å². The Kier molecular flexibility index (Phi) is 6.48. The number of carbonyl (C=O) groups is 1. The number of carboxylic acids is 1. The van der Waals surface area contributed by atoms with Crippen LogP contribution in [0.4, 0.5) is 0 Å². The third kappa shape index (κ3) is 3.97. The van der Waals surface area contributed by atoms with Crippen molar-refractivity contribution in [3.05, 3.63) is 56.9 Å². The van der Waals surface area contributed by atoms with Gasteiger partial charge in [-0.1, -0.05) is 17.7 Å². The molecular weight excluding hydrogens is 392 g/mol. The second-order valence-electron chi connectivity index (χ2n) is 7.22.